The van der Waals surface area contributed by atoms with Gasteiger partial charge in [0.2, 0.25) is 11.8 Å². The van der Waals surface area contributed by atoms with Gasteiger partial charge in [0.1, 0.15) is 11.5 Å². The Hall–Kier alpha value is -5.37. The van der Waals surface area contributed by atoms with Crippen molar-refractivity contribution in [2.24, 2.45) is 5.92 Å². The van der Waals surface area contributed by atoms with Crippen molar-refractivity contribution in [1.82, 2.24) is 4.68 Å². The number of aromatic nitrogens is 1. The summed E-state index contributed by atoms with van der Waals surface area (Å²) in [5, 5.41) is 5.00. The van der Waals surface area contributed by atoms with E-state index in [2.05, 4.69) is 10.7 Å². The van der Waals surface area contributed by atoms with Crippen LogP contribution in [0.2, 0.25) is 0 Å². The van der Waals surface area contributed by atoms with E-state index < -0.39 is 5.92 Å². The van der Waals surface area contributed by atoms with E-state index in [1.54, 1.807) is 33.8 Å². The van der Waals surface area contributed by atoms with Crippen LogP contribution in [0.1, 0.15) is 28.2 Å². The molecular weight excluding hydrogens is 528 g/mol. The van der Waals surface area contributed by atoms with Gasteiger partial charge in [-0.15, -0.1) is 0 Å². The van der Waals surface area contributed by atoms with Crippen LogP contribution in [0.25, 0.3) is 10.8 Å². The Bertz CT molecular complexity index is 1770. The molecule has 0 radical (unpaired) electrons. The van der Waals surface area contributed by atoms with Crippen LogP contribution in [0.4, 0.5) is 11.4 Å². The van der Waals surface area contributed by atoms with Crippen LogP contribution >= 0.6 is 0 Å². The maximum absolute atomic E-state index is 13.0. The molecule has 8 nitrogen and oxygen atoms in total. The zero-order chi connectivity index (χ0) is 29.2. The molecule has 0 bridgehead atoms. The first-order chi connectivity index (χ1) is 20.4. The van der Waals surface area contributed by atoms with Crippen molar-refractivity contribution in [3.8, 4) is 11.5 Å². The summed E-state index contributed by atoms with van der Waals surface area (Å²) >= 11 is 0. The first kappa shape index (κ1) is 26.8. The third kappa shape index (κ3) is 5.47. The first-order valence-corrected chi connectivity index (χ1v) is 13.8. The molecule has 0 saturated carbocycles. The summed E-state index contributed by atoms with van der Waals surface area (Å²) in [6.07, 6.45) is 0.121. The lowest BCUT2D eigenvalue weighted by atomic mass is 10.1. The van der Waals surface area contributed by atoms with Gasteiger partial charge >= 0.3 is 0 Å². The fourth-order valence-electron chi connectivity index (χ4n) is 5.20. The molecule has 1 aliphatic rings. The van der Waals surface area contributed by atoms with Crippen molar-refractivity contribution in [2.75, 3.05) is 22.2 Å². The molecule has 1 aromatic heterocycles. The fraction of sp³-hybridized carbons (Fsp3) is 0.147. The summed E-state index contributed by atoms with van der Waals surface area (Å²) in [6.45, 7) is 4.11. The van der Waals surface area contributed by atoms with E-state index in [0.717, 1.165) is 27.9 Å². The van der Waals surface area contributed by atoms with Gasteiger partial charge < -0.3 is 15.0 Å². The smallest absolute Gasteiger partial charge is 0.270 e. The highest BCUT2D eigenvalue weighted by Crippen LogP contribution is 2.32. The Labute approximate surface area is 243 Å². The van der Waals surface area contributed by atoms with Crippen molar-refractivity contribution in [1.29, 1.82) is 0 Å². The Morgan fingerprint density at radius 3 is 2.24 bits per heavy atom. The highest BCUT2D eigenvalue weighted by atomic mass is 16.5. The summed E-state index contributed by atoms with van der Waals surface area (Å²) in [5.41, 5.74) is 6.46. The van der Waals surface area contributed by atoms with Crippen molar-refractivity contribution in [3.05, 3.63) is 120 Å². The molecule has 4 aromatic carbocycles. The van der Waals surface area contributed by atoms with Gasteiger partial charge in [-0.25, -0.2) is 0 Å². The molecule has 2 heterocycles. The third-order valence-corrected chi connectivity index (χ3v) is 7.52. The standard InChI is InChI=1S/C34H30N4O4/c1-22-10-11-23(2)38(22)36-34(41)25-12-14-27(15-13-25)35-33(40)26-20-32(39)37(21-26)28-16-18-29(19-17-28)42-31-9-5-7-24-6-3-4-8-30(24)31/h3-19,26H,20-21H2,1-2H3,(H,35,40)(H,36,41)/t26-/m0/s1. The molecule has 1 saturated heterocycles. The van der Waals surface area contributed by atoms with Gasteiger partial charge in [0.05, 0.1) is 5.92 Å². The van der Waals surface area contributed by atoms with E-state index >= 15 is 0 Å². The van der Waals surface area contributed by atoms with E-state index in [0.29, 0.717) is 22.7 Å². The number of carbonyl (C=O) groups excluding carboxylic acids is 3. The normalized spacial score (nSPS) is 14.7. The van der Waals surface area contributed by atoms with E-state index in [1.165, 1.54) is 0 Å². The number of ether oxygens (including phenoxy) is 1. The van der Waals surface area contributed by atoms with Crippen LogP contribution in [-0.4, -0.2) is 28.9 Å². The molecule has 1 atom stereocenters. The molecule has 0 aliphatic carbocycles. The predicted molar refractivity (Wildman–Crippen MR) is 164 cm³/mol. The summed E-state index contributed by atoms with van der Waals surface area (Å²) in [6, 6.07) is 31.8. The predicted octanol–water partition coefficient (Wildman–Crippen LogP) is 6.43. The van der Waals surface area contributed by atoms with E-state index in [9.17, 15) is 14.4 Å². The van der Waals surface area contributed by atoms with E-state index in [-0.39, 0.29) is 30.7 Å². The number of benzene rings is 4. The monoisotopic (exact) mass is 558 g/mol. The zero-order valence-corrected chi connectivity index (χ0v) is 23.3. The number of hydrogen-bond acceptors (Lipinski definition) is 4. The molecule has 1 fully saturated rings. The number of carbonyl (C=O) groups is 3. The quantitative estimate of drug-likeness (QED) is 0.241. The number of rotatable bonds is 7. The van der Waals surface area contributed by atoms with Gasteiger partial charge in [0.25, 0.3) is 5.91 Å². The molecule has 5 aromatic rings. The van der Waals surface area contributed by atoms with Crippen LogP contribution < -0.4 is 20.4 Å². The number of nitrogens with one attached hydrogen (secondary N) is 2. The molecule has 1 aliphatic heterocycles. The minimum Gasteiger partial charge on any atom is -0.457 e. The van der Waals surface area contributed by atoms with Gasteiger partial charge in [-0.2, -0.15) is 0 Å². The largest absolute Gasteiger partial charge is 0.457 e. The number of anilines is 2. The molecule has 2 N–H and O–H groups in total. The van der Waals surface area contributed by atoms with Crippen molar-refractivity contribution < 1.29 is 19.1 Å². The van der Waals surface area contributed by atoms with Crippen LogP contribution in [0, 0.1) is 19.8 Å². The molecule has 6 rings (SSSR count). The molecule has 42 heavy (non-hydrogen) atoms. The molecule has 210 valence electrons. The number of nitrogens with zero attached hydrogens (tertiary/aromatic N) is 2. The number of fused-ring (bicyclic) bond motifs is 1. The number of hydrogen-bond donors (Lipinski definition) is 2. The SMILES string of the molecule is Cc1ccc(C)n1NC(=O)c1ccc(NC(=O)[C@H]2CC(=O)N(c3ccc(Oc4cccc5ccccc45)cc3)C2)cc1. The average molecular weight is 559 g/mol. The molecule has 0 spiro atoms. The Balaban J connectivity index is 1.06. The second-order valence-electron chi connectivity index (χ2n) is 10.4. The van der Waals surface area contributed by atoms with Gasteiger partial charge in [-0.05, 0) is 86.0 Å². The lowest BCUT2D eigenvalue weighted by Crippen LogP contribution is -2.28. The third-order valence-electron chi connectivity index (χ3n) is 7.52. The minimum atomic E-state index is -0.494. The molecule has 0 unspecified atom stereocenters. The number of amides is 3. The average Bonchev–Trinajstić information content (AvgIpc) is 3.55. The molecular formula is C34H30N4O4. The van der Waals surface area contributed by atoms with Crippen molar-refractivity contribution >= 4 is 39.9 Å². The van der Waals surface area contributed by atoms with E-state index in [4.69, 9.17) is 4.74 Å². The second kappa shape index (κ2) is 11.2. The van der Waals surface area contributed by atoms with Crippen molar-refractivity contribution in [2.45, 2.75) is 20.3 Å². The number of aryl methyl sites for hydroxylation is 2. The topological polar surface area (TPSA) is 92.7 Å². The van der Waals surface area contributed by atoms with Crippen molar-refractivity contribution in [3.63, 3.8) is 0 Å². The van der Waals surface area contributed by atoms with Crippen LogP contribution in [0.5, 0.6) is 11.5 Å². The Kier molecular flexibility index (Phi) is 7.19. The minimum absolute atomic E-state index is 0.111. The first-order valence-electron chi connectivity index (χ1n) is 13.8. The van der Waals surface area contributed by atoms with Gasteiger partial charge in [-0.3, -0.25) is 24.5 Å². The van der Waals surface area contributed by atoms with Crippen LogP contribution in [0.3, 0.4) is 0 Å². The fourth-order valence-corrected chi connectivity index (χ4v) is 5.20. The van der Waals surface area contributed by atoms with Gasteiger partial charge in [0, 0.05) is 46.7 Å². The molecule has 8 heteroatoms. The lowest BCUT2D eigenvalue weighted by molar-refractivity contribution is -0.122. The Morgan fingerprint density at radius 2 is 1.50 bits per heavy atom. The maximum Gasteiger partial charge on any atom is 0.270 e. The highest BCUT2D eigenvalue weighted by Gasteiger charge is 2.35. The maximum atomic E-state index is 13.0. The van der Waals surface area contributed by atoms with Crippen LogP contribution in [-0.2, 0) is 9.59 Å². The second-order valence-corrected chi connectivity index (χ2v) is 10.4. The van der Waals surface area contributed by atoms with Gasteiger partial charge in [0.15, 0.2) is 0 Å². The zero-order valence-electron chi connectivity index (χ0n) is 23.3. The highest BCUT2D eigenvalue weighted by molar-refractivity contribution is 6.04. The van der Waals surface area contributed by atoms with Gasteiger partial charge in [-0.1, -0.05) is 36.4 Å². The molecule has 3 amide bonds. The lowest BCUT2D eigenvalue weighted by Gasteiger charge is -2.17. The summed E-state index contributed by atoms with van der Waals surface area (Å²) < 4.78 is 7.86. The summed E-state index contributed by atoms with van der Waals surface area (Å²) in [7, 11) is 0. The summed E-state index contributed by atoms with van der Waals surface area (Å²) in [4.78, 5) is 40.1. The van der Waals surface area contributed by atoms with Crippen LogP contribution in [0.15, 0.2) is 103 Å². The van der Waals surface area contributed by atoms with E-state index in [1.807, 2.05) is 92.7 Å². The Morgan fingerprint density at radius 1 is 0.810 bits per heavy atom. The summed E-state index contributed by atoms with van der Waals surface area (Å²) in [5.74, 6) is 0.326.